The fourth-order valence-electron chi connectivity index (χ4n) is 2.15. The van der Waals surface area contributed by atoms with Crippen molar-refractivity contribution in [3.05, 3.63) is 28.8 Å². The molecule has 0 spiro atoms. The van der Waals surface area contributed by atoms with Crippen LogP contribution in [0.3, 0.4) is 0 Å². The van der Waals surface area contributed by atoms with Crippen LogP contribution < -0.4 is 0 Å². The third-order valence-electron chi connectivity index (χ3n) is 2.99. The Hall–Kier alpha value is -1.49. The fraction of sp³-hybridized carbons (Fsp3) is 0.308. The first-order valence-electron chi connectivity index (χ1n) is 5.87. The second kappa shape index (κ2) is 4.02. The van der Waals surface area contributed by atoms with Crippen molar-refractivity contribution in [2.75, 3.05) is 0 Å². The van der Waals surface area contributed by atoms with Gasteiger partial charge >= 0.3 is 0 Å². The first kappa shape index (κ1) is 11.6. The zero-order chi connectivity index (χ0) is 12.9. The van der Waals surface area contributed by atoms with Gasteiger partial charge < -0.3 is 0 Å². The standard InChI is InChI=1S/C13H13BrN4/c1-7(2)18-13-10(6-16-18)11(14)4-9-5-15-8(3)17-12(9)13/h4-7H,1-3H3. The Labute approximate surface area is 113 Å². The summed E-state index contributed by atoms with van der Waals surface area (Å²) < 4.78 is 3.04. The van der Waals surface area contributed by atoms with Gasteiger partial charge in [-0.05, 0) is 26.8 Å². The summed E-state index contributed by atoms with van der Waals surface area (Å²) in [6.45, 7) is 6.14. The van der Waals surface area contributed by atoms with E-state index in [9.17, 15) is 0 Å². The first-order valence-corrected chi connectivity index (χ1v) is 6.66. The summed E-state index contributed by atoms with van der Waals surface area (Å²) in [6, 6.07) is 2.35. The molecule has 5 heteroatoms. The zero-order valence-corrected chi connectivity index (χ0v) is 12.1. The topological polar surface area (TPSA) is 43.6 Å². The van der Waals surface area contributed by atoms with E-state index in [4.69, 9.17) is 0 Å². The van der Waals surface area contributed by atoms with Crippen molar-refractivity contribution >= 4 is 37.7 Å². The van der Waals surface area contributed by atoms with Crippen LogP contribution in [0.4, 0.5) is 0 Å². The van der Waals surface area contributed by atoms with Crippen molar-refractivity contribution in [2.24, 2.45) is 0 Å². The number of nitrogens with zero attached hydrogens (tertiary/aromatic N) is 4. The molecule has 18 heavy (non-hydrogen) atoms. The summed E-state index contributed by atoms with van der Waals surface area (Å²) in [7, 11) is 0. The Kier molecular flexibility index (Phi) is 2.59. The molecule has 3 rings (SSSR count). The lowest BCUT2D eigenvalue weighted by Gasteiger charge is -2.09. The van der Waals surface area contributed by atoms with Crippen LogP contribution in [0.5, 0.6) is 0 Å². The fourth-order valence-corrected chi connectivity index (χ4v) is 2.69. The van der Waals surface area contributed by atoms with Crippen LogP contribution in [0.1, 0.15) is 25.7 Å². The van der Waals surface area contributed by atoms with Crippen molar-refractivity contribution in [3.8, 4) is 0 Å². The average molecular weight is 305 g/mol. The summed E-state index contributed by atoms with van der Waals surface area (Å²) in [5.41, 5.74) is 2.03. The van der Waals surface area contributed by atoms with Crippen molar-refractivity contribution in [3.63, 3.8) is 0 Å². The molecule has 0 aliphatic heterocycles. The Balaban J connectivity index is 2.56. The van der Waals surface area contributed by atoms with Crippen molar-refractivity contribution < 1.29 is 0 Å². The highest BCUT2D eigenvalue weighted by molar-refractivity contribution is 9.10. The van der Waals surface area contributed by atoms with E-state index in [2.05, 4.69) is 44.8 Å². The third kappa shape index (κ3) is 1.61. The van der Waals surface area contributed by atoms with Crippen LogP contribution in [-0.2, 0) is 0 Å². The van der Waals surface area contributed by atoms with Crippen LogP contribution >= 0.6 is 15.9 Å². The van der Waals surface area contributed by atoms with Gasteiger partial charge in [0.1, 0.15) is 5.82 Å². The van der Waals surface area contributed by atoms with E-state index < -0.39 is 0 Å². The highest BCUT2D eigenvalue weighted by Gasteiger charge is 2.14. The molecule has 0 saturated carbocycles. The molecule has 0 aliphatic rings. The second-order valence-corrected chi connectivity index (χ2v) is 5.51. The molecule has 1 aromatic carbocycles. The van der Waals surface area contributed by atoms with Crippen LogP contribution in [0.25, 0.3) is 21.8 Å². The molecular formula is C13H13BrN4. The highest BCUT2D eigenvalue weighted by Crippen LogP contribution is 2.31. The molecule has 0 fully saturated rings. The van der Waals surface area contributed by atoms with Gasteiger partial charge in [0.2, 0.25) is 0 Å². The minimum Gasteiger partial charge on any atom is -0.260 e. The third-order valence-corrected chi connectivity index (χ3v) is 3.64. The molecule has 0 N–H and O–H groups in total. The van der Waals surface area contributed by atoms with Crippen LogP contribution in [0.2, 0.25) is 0 Å². The predicted octanol–water partition coefficient (Wildman–Crippen LogP) is 3.63. The first-order chi connectivity index (χ1) is 8.58. The summed E-state index contributed by atoms with van der Waals surface area (Å²) in [5, 5.41) is 6.58. The monoisotopic (exact) mass is 304 g/mol. The minimum absolute atomic E-state index is 0.301. The summed E-state index contributed by atoms with van der Waals surface area (Å²) in [6.07, 6.45) is 3.75. The largest absolute Gasteiger partial charge is 0.260 e. The van der Waals surface area contributed by atoms with E-state index >= 15 is 0 Å². The molecule has 92 valence electrons. The van der Waals surface area contributed by atoms with Gasteiger partial charge in [0.05, 0.1) is 17.2 Å². The van der Waals surface area contributed by atoms with Crippen molar-refractivity contribution in [1.29, 1.82) is 0 Å². The maximum atomic E-state index is 4.57. The van der Waals surface area contributed by atoms with Crippen LogP contribution in [-0.4, -0.2) is 19.7 Å². The maximum Gasteiger partial charge on any atom is 0.125 e. The smallest absolute Gasteiger partial charge is 0.125 e. The molecule has 2 aromatic heterocycles. The average Bonchev–Trinajstić information content (AvgIpc) is 2.76. The van der Waals surface area contributed by atoms with Gasteiger partial charge in [0.15, 0.2) is 0 Å². The van der Waals surface area contributed by atoms with Crippen LogP contribution in [0, 0.1) is 6.92 Å². The van der Waals surface area contributed by atoms with E-state index in [1.54, 1.807) is 0 Å². The Morgan fingerprint density at radius 2 is 2.06 bits per heavy atom. The molecule has 4 nitrogen and oxygen atoms in total. The van der Waals surface area contributed by atoms with Gasteiger partial charge in [-0.2, -0.15) is 5.10 Å². The molecule has 0 saturated heterocycles. The predicted molar refractivity (Wildman–Crippen MR) is 75.7 cm³/mol. The Morgan fingerprint density at radius 1 is 1.28 bits per heavy atom. The number of halogens is 1. The number of aryl methyl sites for hydroxylation is 1. The SMILES string of the molecule is Cc1ncc2cc(Br)c3cnn(C(C)C)c3c2n1. The van der Waals surface area contributed by atoms with Crippen molar-refractivity contribution in [2.45, 2.75) is 26.8 Å². The van der Waals surface area contributed by atoms with Gasteiger partial charge in [0, 0.05) is 27.5 Å². The number of benzene rings is 1. The van der Waals surface area contributed by atoms with Gasteiger partial charge in [0.25, 0.3) is 0 Å². The minimum atomic E-state index is 0.301. The van der Waals surface area contributed by atoms with E-state index in [-0.39, 0.29) is 0 Å². The summed E-state index contributed by atoms with van der Waals surface area (Å²) in [4.78, 5) is 8.82. The Bertz CT molecular complexity index is 745. The summed E-state index contributed by atoms with van der Waals surface area (Å²) >= 11 is 3.59. The molecule has 3 aromatic rings. The van der Waals surface area contributed by atoms with Gasteiger partial charge in [-0.1, -0.05) is 15.9 Å². The quantitative estimate of drug-likeness (QED) is 0.689. The molecule has 0 radical (unpaired) electrons. The molecule has 0 aliphatic carbocycles. The lowest BCUT2D eigenvalue weighted by molar-refractivity contribution is 0.551. The molecule has 0 bridgehead atoms. The lowest BCUT2D eigenvalue weighted by atomic mass is 10.2. The second-order valence-electron chi connectivity index (χ2n) is 4.66. The number of hydrogen-bond acceptors (Lipinski definition) is 3. The number of fused-ring (bicyclic) bond motifs is 3. The van der Waals surface area contributed by atoms with Crippen LogP contribution in [0.15, 0.2) is 22.9 Å². The van der Waals surface area contributed by atoms with Gasteiger partial charge in [-0.25, -0.2) is 9.97 Å². The highest BCUT2D eigenvalue weighted by atomic mass is 79.9. The van der Waals surface area contributed by atoms with E-state index in [1.807, 2.05) is 30.1 Å². The Morgan fingerprint density at radius 3 is 2.78 bits per heavy atom. The molecule has 0 atom stereocenters. The lowest BCUT2D eigenvalue weighted by Crippen LogP contribution is -2.03. The number of hydrogen-bond donors (Lipinski definition) is 0. The number of aromatic nitrogens is 4. The van der Waals surface area contributed by atoms with E-state index in [0.717, 1.165) is 32.1 Å². The zero-order valence-electron chi connectivity index (χ0n) is 10.5. The van der Waals surface area contributed by atoms with Gasteiger partial charge in [-0.15, -0.1) is 0 Å². The molecule has 0 amide bonds. The molecule has 0 unspecified atom stereocenters. The summed E-state index contributed by atoms with van der Waals surface area (Å²) in [5.74, 6) is 0.780. The molecular weight excluding hydrogens is 292 g/mol. The number of rotatable bonds is 1. The van der Waals surface area contributed by atoms with Crippen molar-refractivity contribution in [1.82, 2.24) is 19.7 Å². The van der Waals surface area contributed by atoms with E-state index in [1.165, 1.54) is 0 Å². The molecule has 2 heterocycles. The maximum absolute atomic E-state index is 4.57. The normalized spacial score (nSPS) is 11.8. The van der Waals surface area contributed by atoms with E-state index in [0.29, 0.717) is 6.04 Å². The van der Waals surface area contributed by atoms with Gasteiger partial charge in [-0.3, -0.25) is 4.68 Å².